The molecule has 0 N–H and O–H groups in total. The third-order valence-corrected chi connectivity index (χ3v) is 10.9. The van der Waals surface area contributed by atoms with Gasteiger partial charge in [0.05, 0.1) is 16.7 Å². The van der Waals surface area contributed by atoms with E-state index in [4.69, 9.17) is 6.85 Å². The van der Waals surface area contributed by atoms with Crippen LogP contribution in [0.1, 0.15) is 44.5 Å². The lowest BCUT2D eigenvalue weighted by molar-refractivity contribution is 0.660. The van der Waals surface area contributed by atoms with E-state index in [-0.39, 0.29) is 11.2 Å². The van der Waals surface area contributed by atoms with Crippen LogP contribution in [0.4, 0.5) is 0 Å². The van der Waals surface area contributed by atoms with Crippen molar-refractivity contribution >= 4 is 43.4 Å². The molecule has 8 aromatic carbocycles. The number of para-hydroxylation sites is 2. The zero-order valence-corrected chi connectivity index (χ0v) is 27.8. The quantitative estimate of drug-likeness (QED) is 0.174. The van der Waals surface area contributed by atoms with Gasteiger partial charge in [-0.05, 0) is 95.7 Å². The molecule has 0 unspecified atom stereocenters. The Balaban J connectivity index is 1.24. The molecule has 0 atom stereocenters. The Morgan fingerprint density at radius 1 is 0.560 bits per heavy atom. The number of hydrogen-bond donors (Lipinski definition) is 0. The molecule has 1 aliphatic rings. The van der Waals surface area contributed by atoms with Gasteiger partial charge < -0.3 is 0 Å². The number of rotatable bonds is 4. The Kier molecular flexibility index (Phi) is 5.20. The topological polar surface area (TPSA) is 17.8 Å². The molecule has 0 aliphatic heterocycles. The smallest absolute Gasteiger partial charge is 0.114 e. The van der Waals surface area contributed by atoms with E-state index in [2.05, 4.69) is 122 Å². The van der Waals surface area contributed by atoms with Gasteiger partial charge in [0.1, 0.15) is 5.82 Å². The maximum atomic E-state index is 8.82. The van der Waals surface area contributed by atoms with E-state index in [1.54, 1.807) is 10.6 Å². The van der Waals surface area contributed by atoms with Crippen LogP contribution in [0.5, 0.6) is 0 Å². The predicted octanol–water partition coefficient (Wildman–Crippen LogP) is 12.7. The summed E-state index contributed by atoms with van der Waals surface area (Å²) in [6.45, 7) is 1.71. The number of imidazole rings is 1. The Labute approximate surface area is 299 Å². The zero-order chi connectivity index (χ0) is 37.9. The lowest BCUT2D eigenvalue weighted by Gasteiger charge is -2.23. The highest BCUT2D eigenvalue weighted by Gasteiger charge is 2.35. The van der Waals surface area contributed by atoms with Crippen molar-refractivity contribution in [1.82, 2.24) is 9.55 Å². The summed E-state index contributed by atoms with van der Waals surface area (Å²) in [4.78, 5) is 4.61. The molecule has 238 valence electrons. The van der Waals surface area contributed by atoms with Gasteiger partial charge in [-0.1, -0.05) is 148 Å². The molecule has 1 aliphatic carbocycles. The third-order valence-electron chi connectivity index (χ3n) is 10.9. The van der Waals surface area contributed by atoms with Gasteiger partial charge >= 0.3 is 0 Å². The minimum atomic E-state index is -2.93. The fraction of sp³-hybridized carbons (Fsp3) is 0.104. The molecule has 9 aromatic rings. The second-order valence-electron chi connectivity index (χ2n) is 13.8. The van der Waals surface area contributed by atoms with Crippen LogP contribution in [0.2, 0.25) is 0 Å². The standard InChI is InChI=1S/C48H36N2/c1-4-45-49-42-23-13-14-24-44(42)50(45)43-28-27-39(31-15-5-6-17-34(31)43)47-37-20-9-7-18-35(37)46(36-19-8-10-21-38(36)47)30-25-26-33-32-16-11-12-22-40(32)48(2,3)41(33)29-30/h5-29H,4H2,1-3H3/i1D3,4D2. The summed E-state index contributed by atoms with van der Waals surface area (Å²) >= 11 is 0. The lowest BCUT2D eigenvalue weighted by Crippen LogP contribution is -2.14. The number of aryl methyl sites for hydroxylation is 1. The Hall–Kier alpha value is -5.99. The second kappa shape index (κ2) is 10.8. The van der Waals surface area contributed by atoms with Gasteiger partial charge in [0.2, 0.25) is 0 Å². The van der Waals surface area contributed by atoms with E-state index in [0.717, 1.165) is 43.4 Å². The summed E-state index contributed by atoms with van der Waals surface area (Å²) in [5.74, 6) is -0.146. The molecule has 2 nitrogen and oxygen atoms in total. The molecule has 0 spiro atoms. The van der Waals surface area contributed by atoms with Gasteiger partial charge in [-0.15, -0.1) is 0 Å². The number of nitrogens with zero attached hydrogens (tertiary/aromatic N) is 2. The van der Waals surface area contributed by atoms with E-state index in [1.165, 1.54) is 33.4 Å². The first kappa shape index (κ1) is 24.2. The number of fused-ring (bicyclic) bond motifs is 7. The van der Waals surface area contributed by atoms with E-state index >= 15 is 0 Å². The Morgan fingerprint density at radius 3 is 1.88 bits per heavy atom. The second-order valence-corrected chi connectivity index (χ2v) is 13.8. The van der Waals surface area contributed by atoms with Crippen molar-refractivity contribution in [2.75, 3.05) is 0 Å². The maximum Gasteiger partial charge on any atom is 0.114 e. The van der Waals surface area contributed by atoms with Crippen molar-refractivity contribution in [2.45, 2.75) is 32.5 Å². The molecule has 50 heavy (non-hydrogen) atoms. The highest BCUT2D eigenvalue weighted by molar-refractivity contribution is 6.24. The van der Waals surface area contributed by atoms with E-state index < -0.39 is 13.2 Å². The van der Waals surface area contributed by atoms with Crippen LogP contribution < -0.4 is 0 Å². The number of benzene rings is 8. The van der Waals surface area contributed by atoms with Crippen molar-refractivity contribution in [3.8, 4) is 39.1 Å². The Morgan fingerprint density at radius 2 is 1.14 bits per heavy atom. The minimum absolute atomic E-state index is 0.127. The van der Waals surface area contributed by atoms with E-state index in [1.807, 2.05) is 42.5 Å². The summed E-state index contributed by atoms with van der Waals surface area (Å²) in [6.07, 6.45) is -2.70. The van der Waals surface area contributed by atoms with Gasteiger partial charge in [0.25, 0.3) is 0 Å². The summed E-state index contributed by atoms with van der Waals surface area (Å²) in [6, 6.07) is 52.6. The van der Waals surface area contributed by atoms with Crippen molar-refractivity contribution in [1.29, 1.82) is 0 Å². The van der Waals surface area contributed by atoms with Crippen LogP contribution in [-0.2, 0) is 11.8 Å². The highest BCUT2D eigenvalue weighted by atomic mass is 15.1. The fourth-order valence-corrected chi connectivity index (χ4v) is 8.64. The van der Waals surface area contributed by atoms with Crippen LogP contribution >= 0.6 is 0 Å². The van der Waals surface area contributed by atoms with Gasteiger partial charge in [0.15, 0.2) is 0 Å². The molecule has 10 rings (SSSR count). The molecular formula is C48H36N2. The monoisotopic (exact) mass is 645 g/mol. The average molecular weight is 646 g/mol. The molecule has 0 saturated carbocycles. The summed E-state index contributed by atoms with van der Waals surface area (Å²) in [5.41, 5.74) is 11.5. The average Bonchev–Trinajstić information content (AvgIpc) is 3.69. The lowest BCUT2D eigenvalue weighted by atomic mass is 9.80. The van der Waals surface area contributed by atoms with Crippen LogP contribution in [-0.4, -0.2) is 9.55 Å². The first-order valence-electron chi connectivity index (χ1n) is 19.7. The highest BCUT2D eigenvalue weighted by Crippen LogP contribution is 2.51. The first-order chi connectivity index (χ1) is 26.5. The molecule has 0 saturated heterocycles. The van der Waals surface area contributed by atoms with Crippen molar-refractivity contribution in [3.05, 3.63) is 169 Å². The minimum Gasteiger partial charge on any atom is -0.296 e. The zero-order valence-electron chi connectivity index (χ0n) is 32.8. The molecule has 1 heterocycles. The van der Waals surface area contributed by atoms with E-state index in [9.17, 15) is 0 Å². The SMILES string of the molecule is [2H]C([2H])([2H])C([2H])([2H])c1nc2ccccc2n1-c1ccc(-c2c3ccccc3c(-c3ccc4c(c3)C(C)(C)c3ccccc3-4)c3ccccc23)c2ccccc12. The third kappa shape index (κ3) is 3.99. The molecule has 0 radical (unpaired) electrons. The fourth-order valence-electron chi connectivity index (χ4n) is 8.64. The van der Waals surface area contributed by atoms with Crippen molar-refractivity contribution < 1.29 is 6.85 Å². The van der Waals surface area contributed by atoms with Crippen LogP contribution in [0.3, 0.4) is 0 Å². The van der Waals surface area contributed by atoms with Crippen LogP contribution in [0, 0.1) is 0 Å². The van der Waals surface area contributed by atoms with Gasteiger partial charge in [-0.25, -0.2) is 4.98 Å². The number of aromatic nitrogens is 2. The molecule has 0 bridgehead atoms. The largest absolute Gasteiger partial charge is 0.296 e. The van der Waals surface area contributed by atoms with Crippen molar-refractivity contribution in [2.24, 2.45) is 0 Å². The molecular weight excluding hydrogens is 605 g/mol. The normalized spacial score (nSPS) is 15.4. The van der Waals surface area contributed by atoms with Crippen LogP contribution in [0.25, 0.3) is 82.4 Å². The van der Waals surface area contributed by atoms with Gasteiger partial charge in [-0.3, -0.25) is 4.57 Å². The van der Waals surface area contributed by atoms with Crippen molar-refractivity contribution in [3.63, 3.8) is 0 Å². The first-order valence-corrected chi connectivity index (χ1v) is 17.2. The summed E-state index contributed by atoms with van der Waals surface area (Å²) < 4.78 is 43.7. The molecule has 0 fully saturated rings. The van der Waals surface area contributed by atoms with E-state index in [0.29, 0.717) is 16.7 Å². The van der Waals surface area contributed by atoms with Crippen LogP contribution in [0.15, 0.2) is 152 Å². The maximum absolute atomic E-state index is 8.82. The summed E-state index contributed by atoms with van der Waals surface area (Å²) in [7, 11) is 0. The molecule has 1 aromatic heterocycles. The summed E-state index contributed by atoms with van der Waals surface area (Å²) in [5, 5.41) is 6.41. The Bertz CT molecular complexity index is 2990. The number of hydrogen-bond acceptors (Lipinski definition) is 1. The van der Waals surface area contributed by atoms with Gasteiger partial charge in [0, 0.05) is 24.0 Å². The van der Waals surface area contributed by atoms with Gasteiger partial charge in [-0.2, -0.15) is 0 Å². The molecule has 0 amide bonds. The molecule has 2 heteroatoms. The predicted molar refractivity (Wildman–Crippen MR) is 211 cm³/mol.